The van der Waals surface area contributed by atoms with Crippen molar-refractivity contribution in [3.05, 3.63) is 66.1 Å². The van der Waals surface area contributed by atoms with Crippen molar-refractivity contribution in [1.82, 2.24) is 20.1 Å². The van der Waals surface area contributed by atoms with Crippen molar-refractivity contribution >= 4 is 17.5 Å². The molecule has 0 radical (unpaired) electrons. The first-order valence-electron chi connectivity index (χ1n) is 8.04. The van der Waals surface area contributed by atoms with Crippen LogP contribution in [0.5, 0.6) is 0 Å². The molecule has 2 heterocycles. The van der Waals surface area contributed by atoms with Crippen LogP contribution in [0.1, 0.15) is 21.9 Å². The van der Waals surface area contributed by atoms with Crippen LogP contribution in [-0.4, -0.2) is 33.6 Å². The Labute approximate surface area is 154 Å². The van der Waals surface area contributed by atoms with Gasteiger partial charge in [-0.3, -0.25) is 9.59 Å². The van der Waals surface area contributed by atoms with Crippen molar-refractivity contribution in [3.63, 3.8) is 0 Å². The number of furan rings is 1. The Kier molecular flexibility index (Phi) is 5.28. The molecule has 9 heteroatoms. The lowest BCUT2D eigenvalue weighted by molar-refractivity contribution is -0.119. The van der Waals surface area contributed by atoms with Crippen LogP contribution >= 0.6 is 0 Å². The van der Waals surface area contributed by atoms with Crippen LogP contribution in [0.25, 0.3) is 0 Å². The molecule has 0 fully saturated rings. The maximum absolute atomic E-state index is 12.5. The molecule has 27 heavy (non-hydrogen) atoms. The minimum Gasteiger partial charge on any atom is -0.467 e. The van der Waals surface area contributed by atoms with E-state index < -0.39 is 0 Å². The zero-order valence-electron chi connectivity index (χ0n) is 14.5. The van der Waals surface area contributed by atoms with Gasteiger partial charge in [0.15, 0.2) is 0 Å². The number of aromatic nitrogens is 3. The van der Waals surface area contributed by atoms with Gasteiger partial charge in [-0.25, -0.2) is 9.67 Å². The smallest absolute Gasteiger partial charge is 0.253 e. The van der Waals surface area contributed by atoms with Gasteiger partial charge in [0.1, 0.15) is 24.7 Å². The number of nitrogens with one attached hydrogen (secondary N) is 1. The van der Waals surface area contributed by atoms with E-state index in [0.29, 0.717) is 17.0 Å². The van der Waals surface area contributed by atoms with Crippen molar-refractivity contribution in [2.24, 2.45) is 0 Å². The fourth-order valence-corrected chi connectivity index (χ4v) is 2.43. The van der Waals surface area contributed by atoms with Crippen molar-refractivity contribution in [3.8, 4) is 6.07 Å². The Hall–Kier alpha value is -3.93. The first-order chi connectivity index (χ1) is 13.1. The van der Waals surface area contributed by atoms with Crippen molar-refractivity contribution in [2.75, 3.05) is 11.9 Å². The standard InChI is InChI=1S/C18H16N6O3/c1-23(17(25)11-24-12-21-16(9-19)22-24)15-7-3-2-6-14(15)18(26)20-10-13-5-4-8-27-13/h2-8,12H,10-11H2,1H3,(H,20,26). The fraction of sp³-hybridized carbons (Fsp3) is 0.167. The van der Waals surface area contributed by atoms with Crippen LogP contribution in [0.2, 0.25) is 0 Å². The zero-order valence-corrected chi connectivity index (χ0v) is 14.5. The normalized spacial score (nSPS) is 10.2. The van der Waals surface area contributed by atoms with E-state index in [-0.39, 0.29) is 30.7 Å². The third kappa shape index (κ3) is 4.19. The fourth-order valence-electron chi connectivity index (χ4n) is 2.43. The number of carbonyl (C=O) groups is 2. The molecule has 0 atom stereocenters. The Morgan fingerprint density at radius 3 is 2.81 bits per heavy atom. The highest BCUT2D eigenvalue weighted by Gasteiger charge is 2.19. The summed E-state index contributed by atoms with van der Waals surface area (Å²) < 4.78 is 6.47. The van der Waals surface area contributed by atoms with Gasteiger partial charge in [0.2, 0.25) is 5.91 Å². The lowest BCUT2D eigenvalue weighted by Crippen LogP contribution is -2.33. The number of benzene rings is 1. The Balaban J connectivity index is 1.72. The van der Waals surface area contributed by atoms with Gasteiger partial charge < -0.3 is 14.6 Å². The van der Waals surface area contributed by atoms with E-state index in [1.54, 1.807) is 49.5 Å². The SMILES string of the molecule is CN(C(=O)Cn1cnc(C#N)n1)c1ccccc1C(=O)NCc1ccco1. The van der Waals surface area contributed by atoms with E-state index in [2.05, 4.69) is 15.4 Å². The maximum atomic E-state index is 12.5. The highest BCUT2D eigenvalue weighted by molar-refractivity contribution is 6.04. The topological polar surface area (TPSA) is 117 Å². The quantitative estimate of drug-likeness (QED) is 0.705. The minimum atomic E-state index is -0.325. The van der Waals surface area contributed by atoms with Gasteiger partial charge in [-0.2, -0.15) is 5.26 Å². The summed E-state index contributed by atoms with van der Waals surface area (Å²) in [5, 5.41) is 15.4. The van der Waals surface area contributed by atoms with E-state index in [4.69, 9.17) is 9.68 Å². The number of nitriles is 1. The van der Waals surface area contributed by atoms with Crippen LogP contribution in [0.3, 0.4) is 0 Å². The number of amides is 2. The molecule has 3 aromatic rings. The highest BCUT2D eigenvalue weighted by Crippen LogP contribution is 2.20. The van der Waals surface area contributed by atoms with E-state index in [1.165, 1.54) is 22.2 Å². The number of para-hydroxylation sites is 1. The van der Waals surface area contributed by atoms with Gasteiger partial charge in [0.25, 0.3) is 11.7 Å². The Bertz CT molecular complexity index is 987. The molecule has 0 aliphatic carbocycles. The average Bonchev–Trinajstić information content (AvgIpc) is 3.37. The molecular weight excluding hydrogens is 348 g/mol. The summed E-state index contributed by atoms with van der Waals surface area (Å²) in [4.78, 5) is 30.2. The molecule has 0 bridgehead atoms. The molecule has 2 amide bonds. The summed E-state index contributed by atoms with van der Waals surface area (Å²) in [6, 6.07) is 12.1. The number of anilines is 1. The van der Waals surface area contributed by atoms with Crippen LogP contribution in [-0.2, 0) is 17.9 Å². The van der Waals surface area contributed by atoms with E-state index in [1.807, 2.05) is 0 Å². The second-order valence-electron chi connectivity index (χ2n) is 5.61. The number of rotatable bonds is 6. The summed E-state index contributed by atoms with van der Waals surface area (Å²) in [6.07, 6.45) is 2.84. The largest absolute Gasteiger partial charge is 0.467 e. The third-order valence-electron chi connectivity index (χ3n) is 3.82. The molecule has 0 aliphatic rings. The van der Waals surface area contributed by atoms with E-state index >= 15 is 0 Å². The first-order valence-corrected chi connectivity index (χ1v) is 8.04. The van der Waals surface area contributed by atoms with Crippen molar-refractivity contribution in [1.29, 1.82) is 5.26 Å². The molecular formula is C18H16N6O3. The van der Waals surface area contributed by atoms with Crippen LogP contribution in [0.4, 0.5) is 5.69 Å². The Morgan fingerprint density at radius 1 is 1.30 bits per heavy atom. The highest BCUT2D eigenvalue weighted by atomic mass is 16.3. The van der Waals surface area contributed by atoms with Crippen molar-refractivity contribution < 1.29 is 14.0 Å². The van der Waals surface area contributed by atoms with Gasteiger partial charge in [-0.1, -0.05) is 12.1 Å². The van der Waals surface area contributed by atoms with Gasteiger partial charge >= 0.3 is 0 Å². The van der Waals surface area contributed by atoms with Gasteiger partial charge in [0, 0.05) is 7.05 Å². The number of nitrogens with zero attached hydrogens (tertiary/aromatic N) is 5. The van der Waals surface area contributed by atoms with Crippen LogP contribution in [0.15, 0.2) is 53.4 Å². The van der Waals surface area contributed by atoms with Crippen molar-refractivity contribution in [2.45, 2.75) is 13.1 Å². The minimum absolute atomic E-state index is 0.0110. The molecule has 0 saturated heterocycles. The Morgan fingerprint density at radius 2 is 2.11 bits per heavy atom. The van der Waals surface area contributed by atoms with Gasteiger partial charge in [0.05, 0.1) is 24.1 Å². The van der Waals surface area contributed by atoms with Gasteiger partial charge in [-0.15, -0.1) is 5.10 Å². The summed E-state index contributed by atoms with van der Waals surface area (Å²) in [6.45, 7) is 0.140. The first kappa shape index (κ1) is 17.9. The molecule has 0 unspecified atom stereocenters. The lowest BCUT2D eigenvalue weighted by atomic mass is 10.1. The monoisotopic (exact) mass is 364 g/mol. The summed E-state index contributed by atoms with van der Waals surface area (Å²) in [5.74, 6) is -0.0160. The predicted octanol–water partition coefficient (Wildman–Crippen LogP) is 1.34. The lowest BCUT2D eigenvalue weighted by Gasteiger charge is -2.20. The van der Waals surface area contributed by atoms with E-state index in [9.17, 15) is 9.59 Å². The van der Waals surface area contributed by atoms with E-state index in [0.717, 1.165) is 0 Å². The van der Waals surface area contributed by atoms with Gasteiger partial charge in [-0.05, 0) is 24.3 Å². The molecule has 1 N–H and O–H groups in total. The van der Waals surface area contributed by atoms with Crippen LogP contribution < -0.4 is 10.2 Å². The summed E-state index contributed by atoms with van der Waals surface area (Å²) in [5.41, 5.74) is 0.816. The summed E-state index contributed by atoms with van der Waals surface area (Å²) in [7, 11) is 1.57. The average molecular weight is 364 g/mol. The molecule has 3 rings (SSSR count). The number of hydrogen-bond acceptors (Lipinski definition) is 6. The van der Waals surface area contributed by atoms with Crippen LogP contribution in [0, 0.1) is 11.3 Å². The number of hydrogen-bond donors (Lipinski definition) is 1. The third-order valence-corrected chi connectivity index (χ3v) is 3.82. The molecule has 2 aromatic heterocycles. The molecule has 1 aromatic carbocycles. The maximum Gasteiger partial charge on any atom is 0.253 e. The molecule has 136 valence electrons. The molecule has 0 saturated carbocycles. The molecule has 0 aliphatic heterocycles. The number of carbonyl (C=O) groups excluding carboxylic acids is 2. The second kappa shape index (κ2) is 7.97. The molecule has 9 nitrogen and oxygen atoms in total. The summed E-state index contributed by atoms with van der Waals surface area (Å²) >= 11 is 0. The zero-order chi connectivity index (χ0) is 19.2. The molecule has 0 spiro atoms. The predicted molar refractivity (Wildman–Crippen MR) is 94.5 cm³/mol. The number of likely N-dealkylation sites (N-methyl/N-ethyl adjacent to an activating group) is 1. The second-order valence-corrected chi connectivity index (χ2v) is 5.61.